The molecule has 5 nitrogen and oxygen atoms in total. The molecule has 1 amide bonds. The van der Waals surface area contributed by atoms with Crippen LogP contribution >= 0.6 is 0 Å². The number of nitrogens with one attached hydrogen (secondary N) is 1. The molecule has 0 saturated carbocycles. The molecule has 0 spiro atoms. The maximum Gasteiger partial charge on any atom is 0.287 e. The maximum absolute atomic E-state index is 12.1. The molecule has 24 heavy (non-hydrogen) atoms. The molecule has 2 aromatic rings. The number of phenolic OH excluding ortho intramolecular Hbond substituents is 1. The predicted molar refractivity (Wildman–Crippen MR) is 94.5 cm³/mol. The fourth-order valence-electron chi connectivity index (χ4n) is 2.63. The average Bonchev–Trinajstić information content (AvgIpc) is 2.56. The van der Waals surface area contributed by atoms with E-state index in [4.69, 9.17) is 4.42 Å². The topological polar surface area (TPSA) is 79.5 Å². The van der Waals surface area contributed by atoms with Crippen LogP contribution in [0.1, 0.15) is 62.4 Å². The molecular formula is C19H25NO4. The second-order valence-corrected chi connectivity index (χ2v) is 6.03. The third-order valence-electron chi connectivity index (χ3n) is 4.00. The van der Waals surface area contributed by atoms with E-state index in [-0.39, 0.29) is 22.5 Å². The van der Waals surface area contributed by atoms with Gasteiger partial charge in [0.05, 0.1) is 5.39 Å². The zero-order valence-corrected chi connectivity index (χ0v) is 14.1. The molecule has 0 aliphatic heterocycles. The van der Waals surface area contributed by atoms with Crippen molar-refractivity contribution >= 4 is 16.9 Å². The first-order chi connectivity index (χ1) is 11.6. The monoisotopic (exact) mass is 331 g/mol. The number of aromatic hydroxyl groups is 1. The van der Waals surface area contributed by atoms with Crippen LogP contribution in [0.25, 0.3) is 11.0 Å². The van der Waals surface area contributed by atoms with Gasteiger partial charge in [-0.25, -0.2) is 0 Å². The summed E-state index contributed by atoms with van der Waals surface area (Å²) in [5.41, 5.74) is -0.0825. The maximum atomic E-state index is 12.1. The Morgan fingerprint density at radius 1 is 1.08 bits per heavy atom. The highest BCUT2D eigenvalue weighted by Crippen LogP contribution is 2.18. The quantitative estimate of drug-likeness (QED) is 0.681. The average molecular weight is 331 g/mol. The SMILES string of the molecule is CCCCCCCCCNC(=O)c1cc(=O)c2ccc(O)cc2o1. The van der Waals surface area contributed by atoms with Crippen molar-refractivity contribution in [2.24, 2.45) is 0 Å². The van der Waals surface area contributed by atoms with Crippen molar-refractivity contribution in [2.75, 3.05) is 6.54 Å². The summed E-state index contributed by atoms with van der Waals surface area (Å²) in [4.78, 5) is 24.1. The number of hydrogen-bond acceptors (Lipinski definition) is 4. The normalized spacial score (nSPS) is 10.9. The fraction of sp³-hybridized carbons (Fsp3) is 0.474. The number of amides is 1. The van der Waals surface area contributed by atoms with Crippen molar-refractivity contribution in [1.82, 2.24) is 5.32 Å². The molecule has 0 unspecified atom stereocenters. The van der Waals surface area contributed by atoms with Crippen LogP contribution in [0, 0.1) is 0 Å². The lowest BCUT2D eigenvalue weighted by atomic mass is 10.1. The summed E-state index contributed by atoms with van der Waals surface area (Å²) in [5, 5.41) is 12.6. The van der Waals surface area contributed by atoms with E-state index in [9.17, 15) is 14.7 Å². The van der Waals surface area contributed by atoms with Crippen LogP contribution in [0.15, 0.2) is 33.5 Å². The third-order valence-corrected chi connectivity index (χ3v) is 4.00. The van der Waals surface area contributed by atoms with Crippen LogP contribution in [0.4, 0.5) is 0 Å². The van der Waals surface area contributed by atoms with Crippen molar-refractivity contribution in [3.63, 3.8) is 0 Å². The van der Waals surface area contributed by atoms with E-state index in [1.54, 1.807) is 0 Å². The van der Waals surface area contributed by atoms with Crippen molar-refractivity contribution in [3.8, 4) is 5.75 Å². The number of phenols is 1. The van der Waals surface area contributed by atoms with Crippen molar-refractivity contribution in [3.05, 3.63) is 40.2 Å². The van der Waals surface area contributed by atoms with E-state index in [2.05, 4.69) is 12.2 Å². The molecule has 130 valence electrons. The number of unbranched alkanes of at least 4 members (excludes halogenated alkanes) is 6. The smallest absolute Gasteiger partial charge is 0.287 e. The minimum Gasteiger partial charge on any atom is -0.508 e. The van der Waals surface area contributed by atoms with Gasteiger partial charge in [-0.05, 0) is 18.6 Å². The summed E-state index contributed by atoms with van der Waals surface area (Å²) in [6.07, 6.45) is 8.22. The van der Waals surface area contributed by atoms with E-state index in [1.165, 1.54) is 56.4 Å². The fourth-order valence-corrected chi connectivity index (χ4v) is 2.63. The molecule has 2 N–H and O–H groups in total. The molecule has 0 atom stereocenters. The van der Waals surface area contributed by atoms with E-state index in [0.29, 0.717) is 11.9 Å². The largest absolute Gasteiger partial charge is 0.508 e. The molecule has 0 saturated heterocycles. The molecule has 1 aromatic carbocycles. The van der Waals surface area contributed by atoms with Gasteiger partial charge < -0.3 is 14.8 Å². The lowest BCUT2D eigenvalue weighted by Gasteiger charge is -2.06. The van der Waals surface area contributed by atoms with E-state index in [1.807, 2.05) is 0 Å². The number of rotatable bonds is 9. The number of fused-ring (bicyclic) bond motifs is 1. The Kier molecular flexibility index (Phi) is 6.85. The highest BCUT2D eigenvalue weighted by molar-refractivity contribution is 5.93. The second-order valence-electron chi connectivity index (χ2n) is 6.03. The lowest BCUT2D eigenvalue weighted by molar-refractivity contribution is 0.0925. The summed E-state index contributed by atoms with van der Waals surface area (Å²) in [6.45, 7) is 2.76. The Bertz CT molecular complexity index is 736. The molecule has 2 rings (SSSR count). The molecule has 0 aliphatic rings. The molecular weight excluding hydrogens is 306 g/mol. The zero-order valence-electron chi connectivity index (χ0n) is 14.1. The Labute approximate surface area is 141 Å². The van der Waals surface area contributed by atoms with Crippen LogP contribution in [-0.2, 0) is 0 Å². The highest BCUT2D eigenvalue weighted by atomic mass is 16.3. The summed E-state index contributed by atoms with van der Waals surface area (Å²) in [6, 6.07) is 5.43. The van der Waals surface area contributed by atoms with Gasteiger partial charge in [0.25, 0.3) is 5.91 Å². The zero-order chi connectivity index (χ0) is 17.4. The predicted octanol–water partition coefficient (Wildman–Crippen LogP) is 3.98. The highest BCUT2D eigenvalue weighted by Gasteiger charge is 2.12. The molecule has 5 heteroatoms. The van der Waals surface area contributed by atoms with Gasteiger partial charge in [-0.15, -0.1) is 0 Å². The number of carbonyl (C=O) groups is 1. The van der Waals surface area contributed by atoms with Gasteiger partial charge in [0, 0.05) is 18.7 Å². The van der Waals surface area contributed by atoms with Gasteiger partial charge >= 0.3 is 0 Å². The summed E-state index contributed by atoms with van der Waals surface area (Å²) >= 11 is 0. The summed E-state index contributed by atoms with van der Waals surface area (Å²) in [5.74, 6) is -0.435. The minimum atomic E-state index is -0.400. The second kappa shape index (κ2) is 9.11. The first kappa shape index (κ1) is 18.0. The van der Waals surface area contributed by atoms with Gasteiger partial charge in [-0.2, -0.15) is 0 Å². The van der Waals surface area contributed by atoms with Crippen molar-refractivity contribution < 1.29 is 14.3 Å². The Balaban J connectivity index is 1.84. The molecule has 1 aromatic heterocycles. The van der Waals surface area contributed by atoms with E-state index < -0.39 is 5.91 Å². The molecule has 1 heterocycles. The molecule has 0 radical (unpaired) electrons. The van der Waals surface area contributed by atoms with Crippen LogP contribution in [0.3, 0.4) is 0 Å². The van der Waals surface area contributed by atoms with Gasteiger partial charge in [0.2, 0.25) is 0 Å². The summed E-state index contributed by atoms with van der Waals surface area (Å²) in [7, 11) is 0. The van der Waals surface area contributed by atoms with Gasteiger partial charge in [0.15, 0.2) is 11.2 Å². The van der Waals surface area contributed by atoms with E-state index in [0.717, 1.165) is 12.8 Å². The number of carbonyl (C=O) groups excluding carboxylic acids is 1. The van der Waals surface area contributed by atoms with Gasteiger partial charge in [-0.1, -0.05) is 45.4 Å². The molecule has 0 bridgehead atoms. The van der Waals surface area contributed by atoms with Gasteiger partial charge in [-0.3, -0.25) is 9.59 Å². The van der Waals surface area contributed by atoms with Crippen LogP contribution in [0.2, 0.25) is 0 Å². The Morgan fingerprint density at radius 3 is 2.54 bits per heavy atom. The van der Waals surface area contributed by atoms with Crippen molar-refractivity contribution in [2.45, 2.75) is 51.9 Å². The minimum absolute atomic E-state index is 0.00807. The number of benzene rings is 1. The Morgan fingerprint density at radius 2 is 1.79 bits per heavy atom. The number of hydrogen-bond donors (Lipinski definition) is 2. The van der Waals surface area contributed by atoms with Crippen LogP contribution in [0.5, 0.6) is 5.75 Å². The standard InChI is InChI=1S/C19H25NO4/c1-2-3-4-5-6-7-8-11-20-19(23)18-13-16(22)15-10-9-14(21)12-17(15)24-18/h9-10,12-13,21H,2-8,11H2,1H3,(H,20,23). The van der Waals surface area contributed by atoms with Gasteiger partial charge in [0.1, 0.15) is 11.3 Å². The van der Waals surface area contributed by atoms with Crippen molar-refractivity contribution in [1.29, 1.82) is 0 Å². The molecule has 0 fully saturated rings. The van der Waals surface area contributed by atoms with E-state index >= 15 is 0 Å². The first-order valence-corrected chi connectivity index (χ1v) is 8.67. The first-order valence-electron chi connectivity index (χ1n) is 8.67. The summed E-state index contributed by atoms with van der Waals surface area (Å²) < 4.78 is 5.44. The van der Waals surface area contributed by atoms with Crippen LogP contribution in [-0.4, -0.2) is 17.6 Å². The molecule has 0 aliphatic carbocycles. The Hall–Kier alpha value is -2.30. The third kappa shape index (κ3) is 5.11. The van der Waals surface area contributed by atoms with Crippen LogP contribution < -0.4 is 10.7 Å². The lowest BCUT2D eigenvalue weighted by Crippen LogP contribution is -2.25.